The van der Waals surface area contributed by atoms with Crippen LogP contribution in [0.4, 0.5) is 0 Å². The van der Waals surface area contributed by atoms with Crippen molar-refractivity contribution in [1.82, 2.24) is 0 Å². The van der Waals surface area contributed by atoms with Crippen LogP contribution < -0.4 is 0 Å². The topological polar surface area (TPSA) is 38.7 Å². The summed E-state index contributed by atoms with van der Waals surface area (Å²) in [6, 6.07) is 0. The molecule has 0 aromatic heterocycles. The Hall–Kier alpha value is -0.120. The second-order valence-corrected chi connectivity index (χ2v) is 4.85. The van der Waals surface area contributed by atoms with Gasteiger partial charge in [-0.05, 0) is 38.5 Å². The van der Waals surface area contributed by atoms with Crippen LogP contribution in [0.1, 0.15) is 32.6 Å². The Morgan fingerprint density at radius 1 is 1.47 bits per heavy atom. The zero-order valence-electron chi connectivity index (χ0n) is 9.58. The van der Waals surface area contributed by atoms with Crippen LogP contribution in [-0.4, -0.2) is 37.6 Å². The molecule has 0 spiro atoms. The predicted molar refractivity (Wildman–Crippen MR) is 57.7 cm³/mol. The van der Waals surface area contributed by atoms with Gasteiger partial charge in [0.25, 0.3) is 0 Å². The quantitative estimate of drug-likeness (QED) is 0.682. The molecule has 1 N–H and O–H groups in total. The lowest BCUT2D eigenvalue weighted by Crippen LogP contribution is -2.37. The standard InChI is InChI=1S/C12H22O3/c1-2-14-7-5-12(9-13)6-8-15-11(12)10-3-4-10/h10-11,13H,2-9H2,1H3. The molecule has 0 radical (unpaired) electrons. The lowest BCUT2D eigenvalue weighted by atomic mass is 9.77. The van der Waals surface area contributed by atoms with Crippen LogP contribution in [0.3, 0.4) is 0 Å². The maximum absolute atomic E-state index is 9.63. The van der Waals surface area contributed by atoms with Crippen LogP contribution in [0, 0.1) is 11.3 Å². The number of hydrogen-bond acceptors (Lipinski definition) is 3. The highest BCUT2D eigenvalue weighted by Crippen LogP contribution is 2.49. The largest absolute Gasteiger partial charge is 0.396 e. The molecule has 2 fully saturated rings. The lowest BCUT2D eigenvalue weighted by Gasteiger charge is -2.32. The minimum atomic E-state index is -0.00363. The molecule has 1 saturated carbocycles. The molecular formula is C12H22O3. The van der Waals surface area contributed by atoms with E-state index in [9.17, 15) is 5.11 Å². The molecule has 0 amide bonds. The second kappa shape index (κ2) is 4.81. The zero-order chi connectivity index (χ0) is 10.7. The first-order valence-corrected chi connectivity index (χ1v) is 6.12. The molecular weight excluding hydrogens is 192 g/mol. The Bertz CT molecular complexity index is 203. The molecule has 15 heavy (non-hydrogen) atoms. The minimum Gasteiger partial charge on any atom is -0.396 e. The van der Waals surface area contributed by atoms with Crippen LogP contribution in [0.5, 0.6) is 0 Å². The van der Waals surface area contributed by atoms with E-state index in [1.165, 1.54) is 12.8 Å². The molecule has 1 aliphatic heterocycles. The Morgan fingerprint density at radius 2 is 2.27 bits per heavy atom. The summed E-state index contributed by atoms with van der Waals surface area (Å²) in [5.74, 6) is 0.710. The predicted octanol–water partition coefficient (Wildman–Crippen LogP) is 1.59. The van der Waals surface area contributed by atoms with Gasteiger partial charge in [0.1, 0.15) is 0 Å². The molecule has 1 heterocycles. The summed E-state index contributed by atoms with van der Waals surface area (Å²) in [6.45, 7) is 4.59. The molecule has 1 saturated heterocycles. The van der Waals surface area contributed by atoms with Crippen LogP contribution >= 0.6 is 0 Å². The minimum absolute atomic E-state index is 0.00363. The molecule has 88 valence electrons. The third kappa shape index (κ3) is 2.35. The first kappa shape index (κ1) is 11.4. The van der Waals surface area contributed by atoms with E-state index in [1.54, 1.807) is 0 Å². The van der Waals surface area contributed by atoms with Gasteiger partial charge in [0.2, 0.25) is 0 Å². The fraction of sp³-hybridized carbons (Fsp3) is 1.00. The third-order valence-electron chi connectivity index (χ3n) is 3.81. The summed E-state index contributed by atoms with van der Waals surface area (Å²) in [7, 11) is 0. The average molecular weight is 214 g/mol. The summed E-state index contributed by atoms with van der Waals surface area (Å²) in [5.41, 5.74) is -0.00363. The maximum atomic E-state index is 9.63. The summed E-state index contributed by atoms with van der Waals surface area (Å²) < 4.78 is 11.2. The average Bonchev–Trinajstić information content (AvgIpc) is 3.01. The van der Waals surface area contributed by atoms with E-state index >= 15 is 0 Å². The molecule has 2 unspecified atom stereocenters. The lowest BCUT2D eigenvalue weighted by molar-refractivity contribution is -0.0192. The summed E-state index contributed by atoms with van der Waals surface area (Å²) in [4.78, 5) is 0. The number of aliphatic hydroxyl groups excluding tert-OH is 1. The first-order valence-electron chi connectivity index (χ1n) is 6.12. The van der Waals surface area contributed by atoms with E-state index in [-0.39, 0.29) is 12.0 Å². The van der Waals surface area contributed by atoms with Gasteiger partial charge in [0, 0.05) is 25.2 Å². The Morgan fingerprint density at radius 3 is 2.87 bits per heavy atom. The number of rotatable bonds is 6. The Labute approximate surface area is 91.8 Å². The van der Waals surface area contributed by atoms with Crippen molar-refractivity contribution in [2.75, 3.05) is 26.4 Å². The SMILES string of the molecule is CCOCCC1(CO)CCOC1C1CC1. The Kier molecular flexibility index (Phi) is 3.65. The van der Waals surface area contributed by atoms with Crippen molar-refractivity contribution in [3.63, 3.8) is 0 Å². The van der Waals surface area contributed by atoms with Crippen molar-refractivity contribution >= 4 is 0 Å². The highest BCUT2D eigenvalue weighted by Gasteiger charge is 2.50. The Balaban J connectivity index is 1.92. The van der Waals surface area contributed by atoms with E-state index in [4.69, 9.17) is 9.47 Å². The van der Waals surface area contributed by atoms with Crippen molar-refractivity contribution in [2.24, 2.45) is 11.3 Å². The summed E-state index contributed by atoms with van der Waals surface area (Å²) in [5, 5.41) is 9.63. The molecule has 2 aliphatic rings. The van der Waals surface area contributed by atoms with Gasteiger partial charge >= 0.3 is 0 Å². The molecule has 3 nitrogen and oxygen atoms in total. The molecule has 1 aliphatic carbocycles. The van der Waals surface area contributed by atoms with Crippen molar-refractivity contribution in [3.05, 3.63) is 0 Å². The highest BCUT2D eigenvalue weighted by molar-refractivity contribution is 4.99. The highest BCUT2D eigenvalue weighted by atomic mass is 16.5. The molecule has 3 heteroatoms. The summed E-state index contributed by atoms with van der Waals surface area (Å²) in [6.07, 6.45) is 4.79. The van der Waals surface area contributed by atoms with E-state index in [1.807, 2.05) is 6.92 Å². The van der Waals surface area contributed by atoms with Crippen molar-refractivity contribution in [3.8, 4) is 0 Å². The van der Waals surface area contributed by atoms with E-state index in [0.29, 0.717) is 12.0 Å². The van der Waals surface area contributed by atoms with Gasteiger partial charge in [-0.15, -0.1) is 0 Å². The van der Waals surface area contributed by atoms with Gasteiger partial charge in [-0.25, -0.2) is 0 Å². The van der Waals surface area contributed by atoms with Crippen LogP contribution in [0.25, 0.3) is 0 Å². The molecule has 2 rings (SSSR count). The van der Waals surface area contributed by atoms with E-state index in [2.05, 4.69) is 0 Å². The van der Waals surface area contributed by atoms with Gasteiger partial charge in [0.15, 0.2) is 0 Å². The van der Waals surface area contributed by atoms with Gasteiger partial charge in [0.05, 0.1) is 12.7 Å². The van der Waals surface area contributed by atoms with Gasteiger partial charge in [-0.2, -0.15) is 0 Å². The van der Waals surface area contributed by atoms with Crippen molar-refractivity contribution < 1.29 is 14.6 Å². The normalized spacial score (nSPS) is 36.0. The summed E-state index contributed by atoms with van der Waals surface area (Å²) >= 11 is 0. The van der Waals surface area contributed by atoms with Gasteiger partial charge in [-0.3, -0.25) is 0 Å². The van der Waals surface area contributed by atoms with Gasteiger partial charge in [-0.1, -0.05) is 0 Å². The molecule has 0 aromatic carbocycles. The fourth-order valence-electron chi connectivity index (χ4n) is 2.68. The number of ether oxygens (including phenoxy) is 2. The third-order valence-corrected chi connectivity index (χ3v) is 3.81. The van der Waals surface area contributed by atoms with E-state index < -0.39 is 0 Å². The molecule has 0 aromatic rings. The maximum Gasteiger partial charge on any atom is 0.0683 e. The van der Waals surface area contributed by atoms with Crippen LogP contribution in [0.15, 0.2) is 0 Å². The molecule has 2 atom stereocenters. The smallest absolute Gasteiger partial charge is 0.0683 e. The van der Waals surface area contributed by atoms with Crippen LogP contribution in [-0.2, 0) is 9.47 Å². The van der Waals surface area contributed by atoms with Crippen molar-refractivity contribution in [1.29, 1.82) is 0 Å². The fourth-order valence-corrected chi connectivity index (χ4v) is 2.68. The van der Waals surface area contributed by atoms with Crippen LogP contribution in [0.2, 0.25) is 0 Å². The zero-order valence-corrected chi connectivity index (χ0v) is 9.58. The van der Waals surface area contributed by atoms with Crippen molar-refractivity contribution in [2.45, 2.75) is 38.7 Å². The number of hydrogen-bond donors (Lipinski definition) is 1. The molecule has 0 bridgehead atoms. The monoisotopic (exact) mass is 214 g/mol. The second-order valence-electron chi connectivity index (χ2n) is 4.85. The van der Waals surface area contributed by atoms with Gasteiger partial charge < -0.3 is 14.6 Å². The first-order chi connectivity index (χ1) is 7.32. The van der Waals surface area contributed by atoms with E-state index in [0.717, 1.165) is 32.7 Å². The number of aliphatic hydroxyl groups is 1.